The lowest BCUT2D eigenvalue weighted by atomic mass is 9.73. The smallest absolute Gasteiger partial charge is 0.314 e. The van der Waals surface area contributed by atoms with Crippen LogP contribution in [-0.4, -0.2) is 44.9 Å². The van der Waals surface area contributed by atoms with E-state index in [4.69, 9.17) is 0 Å². The molecule has 1 amide bonds. The van der Waals surface area contributed by atoms with Gasteiger partial charge in [0.05, 0.1) is 5.41 Å². The van der Waals surface area contributed by atoms with Gasteiger partial charge in [-0.3, -0.25) is 14.6 Å². The first kappa shape index (κ1) is 18.3. The zero-order valence-electron chi connectivity index (χ0n) is 15.1. The highest BCUT2D eigenvalue weighted by Crippen LogP contribution is 2.36. The summed E-state index contributed by atoms with van der Waals surface area (Å²) in [4.78, 5) is 35.1. The predicted molar refractivity (Wildman–Crippen MR) is 106 cm³/mol. The fourth-order valence-corrected chi connectivity index (χ4v) is 4.44. The molecule has 1 saturated heterocycles. The first-order chi connectivity index (χ1) is 13.6. The van der Waals surface area contributed by atoms with E-state index in [1.807, 2.05) is 42.5 Å². The van der Waals surface area contributed by atoms with Gasteiger partial charge in [0.25, 0.3) is 5.91 Å². The van der Waals surface area contributed by atoms with Gasteiger partial charge in [0.2, 0.25) is 0 Å². The Bertz CT molecular complexity index is 980. The maximum absolute atomic E-state index is 12.9. The second kappa shape index (κ2) is 7.52. The molecule has 0 aliphatic carbocycles. The van der Waals surface area contributed by atoms with Crippen molar-refractivity contribution in [3.05, 3.63) is 71.5 Å². The third-order valence-corrected chi connectivity index (χ3v) is 6.18. The molecule has 1 fully saturated rings. The van der Waals surface area contributed by atoms with Gasteiger partial charge in [-0.1, -0.05) is 30.3 Å². The minimum absolute atomic E-state index is 0.149. The fraction of sp³-hybridized carbons (Fsp3) is 0.238. The number of hydrogen-bond acceptors (Lipinski definition) is 5. The van der Waals surface area contributed by atoms with E-state index in [1.165, 1.54) is 11.3 Å². The molecule has 0 saturated carbocycles. The van der Waals surface area contributed by atoms with Crippen molar-refractivity contribution in [3.8, 4) is 10.6 Å². The van der Waals surface area contributed by atoms with Gasteiger partial charge in [-0.2, -0.15) is 0 Å². The molecule has 2 aromatic heterocycles. The molecule has 1 aliphatic rings. The van der Waals surface area contributed by atoms with Crippen molar-refractivity contribution in [2.24, 2.45) is 0 Å². The number of rotatable bonds is 4. The van der Waals surface area contributed by atoms with Crippen molar-refractivity contribution in [1.82, 2.24) is 14.9 Å². The summed E-state index contributed by atoms with van der Waals surface area (Å²) in [5.74, 6) is -0.983. The average Bonchev–Trinajstić information content (AvgIpc) is 3.25. The second-order valence-electron chi connectivity index (χ2n) is 6.82. The Kier molecular flexibility index (Phi) is 4.92. The summed E-state index contributed by atoms with van der Waals surface area (Å²) in [6.45, 7) is 0.782. The van der Waals surface area contributed by atoms with Crippen molar-refractivity contribution in [2.75, 3.05) is 13.1 Å². The molecule has 4 rings (SSSR count). The number of carboxylic acid groups (broad SMARTS) is 1. The van der Waals surface area contributed by atoms with Crippen LogP contribution in [0.2, 0.25) is 0 Å². The number of aromatic nitrogens is 2. The van der Waals surface area contributed by atoms with E-state index >= 15 is 0 Å². The number of hydrogen-bond donors (Lipinski definition) is 1. The molecule has 0 radical (unpaired) electrons. The number of likely N-dealkylation sites (tertiary alicyclic amines) is 1. The molecule has 1 aliphatic heterocycles. The normalized spacial score (nSPS) is 15.9. The van der Waals surface area contributed by atoms with Crippen LogP contribution in [0.4, 0.5) is 0 Å². The van der Waals surface area contributed by atoms with Gasteiger partial charge in [-0.25, -0.2) is 4.98 Å². The molecule has 0 spiro atoms. The largest absolute Gasteiger partial charge is 0.481 e. The Hall–Kier alpha value is -3.06. The van der Waals surface area contributed by atoms with E-state index in [2.05, 4.69) is 9.97 Å². The van der Waals surface area contributed by atoms with Crippen molar-refractivity contribution in [1.29, 1.82) is 0 Å². The number of carbonyl (C=O) groups excluding carboxylic acids is 1. The maximum Gasteiger partial charge on any atom is 0.314 e. The molecule has 3 heterocycles. The predicted octanol–water partition coefficient (Wildman–Crippen LogP) is 3.46. The Morgan fingerprint density at radius 1 is 1.04 bits per heavy atom. The molecular formula is C21H19N3O3S. The van der Waals surface area contributed by atoms with Crippen molar-refractivity contribution in [2.45, 2.75) is 18.3 Å². The van der Waals surface area contributed by atoms with E-state index in [9.17, 15) is 14.7 Å². The van der Waals surface area contributed by atoms with Gasteiger partial charge in [0, 0.05) is 36.4 Å². The van der Waals surface area contributed by atoms with Gasteiger partial charge in [-0.15, -0.1) is 11.3 Å². The third kappa shape index (κ3) is 3.29. The number of carbonyl (C=O) groups is 2. The van der Waals surface area contributed by atoms with Gasteiger partial charge in [0.15, 0.2) is 0 Å². The average molecular weight is 393 g/mol. The molecule has 0 unspecified atom stereocenters. The summed E-state index contributed by atoms with van der Waals surface area (Å²) in [6.07, 6.45) is 4.16. The molecule has 0 atom stereocenters. The fourth-order valence-electron chi connectivity index (χ4n) is 3.64. The van der Waals surface area contributed by atoms with E-state index in [-0.39, 0.29) is 5.91 Å². The van der Waals surface area contributed by atoms with Crippen molar-refractivity contribution in [3.63, 3.8) is 0 Å². The SMILES string of the molecule is O=C(c1csc(-c2ccncc2)n1)N1CCC(C(=O)O)(c2ccccc2)CC1. The zero-order chi connectivity index (χ0) is 19.6. The van der Waals surface area contributed by atoms with E-state index < -0.39 is 11.4 Å². The minimum atomic E-state index is -0.942. The molecule has 3 aromatic rings. The van der Waals surface area contributed by atoms with Gasteiger partial charge in [-0.05, 0) is 30.5 Å². The second-order valence-corrected chi connectivity index (χ2v) is 7.68. The van der Waals surface area contributed by atoms with Crippen LogP contribution < -0.4 is 0 Å². The van der Waals surface area contributed by atoms with Crippen LogP contribution in [0.3, 0.4) is 0 Å². The Morgan fingerprint density at radius 2 is 1.71 bits per heavy atom. The zero-order valence-corrected chi connectivity index (χ0v) is 15.9. The molecule has 28 heavy (non-hydrogen) atoms. The third-order valence-electron chi connectivity index (χ3n) is 5.29. The number of pyridine rings is 1. The van der Waals surface area contributed by atoms with Crippen LogP contribution in [0.25, 0.3) is 10.6 Å². The van der Waals surface area contributed by atoms with Crippen LogP contribution in [0, 0.1) is 0 Å². The van der Waals surface area contributed by atoms with E-state index in [0.717, 1.165) is 16.1 Å². The van der Waals surface area contributed by atoms with Crippen LogP contribution in [0.5, 0.6) is 0 Å². The van der Waals surface area contributed by atoms with Crippen LogP contribution in [0.15, 0.2) is 60.2 Å². The first-order valence-corrected chi connectivity index (χ1v) is 9.92. The molecule has 1 N–H and O–H groups in total. The summed E-state index contributed by atoms with van der Waals surface area (Å²) >= 11 is 1.42. The van der Waals surface area contributed by atoms with E-state index in [0.29, 0.717) is 31.6 Å². The lowest BCUT2D eigenvalue weighted by molar-refractivity contribution is -0.145. The number of aliphatic carboxylic acids is 1. The first-order valence-electron chi connectivity index (χ1n) is 9.04. The Labute approximate surface area is 166 Å². The highest BCUT2D eigenvalue weighted by atomic mass is 32.1. The number of thiazole rings is 1. The van der Waals surface area contributed by atoms with Gasteiger partial charge in [0.1, 0.15) is 10.7 Å². The summed E-state index contributed by atoms with van der Waals surface area (Å²) in [6, 6.07) is 13.0. The summed E-state index contributed by atoms with van der Waals surface area (Å²) in [5, 5.41) is 12.4. The highest BCUT2D eigenvalue weighted by Gasteiger charge is 2.44. The number of carboxylic acids is 1. The lowest BCUT2D eigenvalue weighted by Crippen LogP contribution is -2.49. The topological polar surface area (TPSA) is 83.4 Å². The number of piperidine rings is 1. The van der Waals surface area contributed by atoms with E-state index in [1.54, 1.807) is 22.7 Å². The molecule has 6 nitrogen and oxygen atoms in total. The highest BCUT2D eigenvalue weighted by molar-refractivity contribution is 7.13. The van der Waals surface area contributed by atoms with Crippen molar-refractivity contribution >= 4 is 23.2 Å². The molecule has 1 aromatic carbocycles. The van der Waals surface area contributed by atoms with Gasteiger partial charge >= 0.3 is 5.97 Å². The summed E-state index contributed by atoms with van der Waals surface area (Å²) in [5.41, 5.74) is 1.18. The van der Waals surface area contributed by atoms with Gasteiger partial charge < -0.3 is 10.0 Å². The van der Waals surface area contributed by atoms with Crippen molar-refractivity contribution < 1.29 is 14.7 Å². The lowest BCUT2D eigenvalue weighted by Gasteiger charge is -2.39. The minimum Gasteiger partial charge on any atom is -0.481 e. The summed E-state index contributed by atoms with van der Waals surface area (Å²) in [7, 11) is 0. The molecule has 7 heteroatoms. The molecular weight excluding hydrogens is 374 g/mol. The maximum atomic E-state index is 12.9. The monoisotopic (exact) mass is 393 g/mol. The van der Waals surface area contributed by atoms with Crippen LogP contribution in [-0.2, 0) is 10.2 Å². The quantitative estimate of drug-likeness (QED) is 0.734. The number of nitrogens with zero attached hydrogens (tertiary/aromatic N) is 3. The Morgan fingerprint density at radius 3 is 2.36 bits per heavy atom. The summed E-state index contributed by atoms with van der Waals surface area (Å²) < 4.78 is 0. The van der Waals surface area contributed by atoms with Crippen LogP contribution >= 0.6 is 11.3 Å². The Balaban J connectivity index is 1.50. The van der Waals surface area contributed by atoms with Crippen LogP contribution in [0.1, 0.15) is 28.9 Å². The molecule has 0 bridgehead atoms. The standard InChI is InChI=1S/C21H19N3O3S/c25-19(17-14-28-18(23-17)15-6-10-22-11-7-15)24-12-8-21(9-13-24,20(26)27)16-4-2-1-3-5-16/h1-7,10-11,14H,8-9,12-13H2,(H,26,27). The number of benzene rings is 1. The number of amides is 1. The molecule has 142 valence electrons.